The fourth-order valence-corrected chi connectivity index (χ4v) is 1.62. The summed E-state index contributed by atoms with van der Waals surface area (Å²) in [5.74, 6) is -0.806. The van der Waals surface area contributed by atoms with Gasteiger partial charge in [0.05, 0.1) is 6.54 Å². The molecule has 18 heavy (non-hydrogen) atoms. The van der Waals surface area contributed by atoms with Gasteiger partial charge in [0, 0.05) is 29.1 Å². The molecule has 0 aliphatic heterocycles. The lowest BCUT2D eigenvalue weighted by atomic mass is 10.1. The van der Waals surface area contributed by atoms with E-state index in [1.165, 1.54) is 0 Å². The normalized spacial score (nSPS) is 11.7. The van der Waals surface area contributed by atoms with E-state index in [9.17, 15) is 14.4 Å². The van der Waals surface area contributed by atoms with Gasteiger partial charge in [-0.1, -0.05) is 0 Å². The molecule has 0 spiro atoms. The molecule has 0 aromatic heterocycles. The predicted molar refractivity (Wildman–Crippen MR) is 76.3 cm³/mol. The summed E-state index contributed by atoms with van der Waals surface area (Å²) in [5, 5.41) is 7.88. The number of rotatable bonds is 9. The van der Waals surface area contributed by atoms with Gasteiger partial charge in [-0.2, -0.15) is 0 Å². The third-order valence-electron chi connectivity index (χ3n) is 2.20. The Morgan fingerprint density at radius 3 is 2.44 bits per heavy atom. The van der Waals surface area contributed by atoms with E-state index in [-0.39, 0.29) is 16.4 Å². The third-order valence-corrected chi connectivity index (χ3v) is 2.58. The number of nitrogens with two attached hydrogens (primary N) is 1. The Balaban J connectivity index is 3.87. The van der Waals surface area contributed by atoms with Crippen LogP contribution in [0.4, 0.5) is 4.79 Å². The first-order valence-electron chi connectivity index (χ1n) is 5.64. The Morgan fingerprint density at radius 1 is 1.28 bits per heavy atom. The number of halogens is 1. The Bertz CT molecular complexity index is 299. The van der Waals surface area contributed by atoms with Crippen molar-refractivity contribution in [3.63, 3.8) is 0 Å². The van der Waals surface area contributed by atoms with Crippen LogP contribution in [0.15, 0.2) is 0 Å². The van der Waals surface area contributed by atoms with Crippen molar-refractivity contribution < 1.29 is 14.4 Å². The molecule has 0 aromatic rings. The monoisotopic (exact) mass is 370 g/mol. The van der Waals surface area contributed by atoms with Gasteiger partial charge in [-0.15, -0.1) is 0 Å². The Labute approximate surface area is 120 Å². The fourth-order valence-electron chi connectivity index (χ4n) is 1.35. The largest absolute Gasteiger partial charge is 0.368 e. The minimum atomic E-state index is -0.652. The molecule has 0 aliphatic carbocycles. The van der Waals surface area contributed by atoms with Crippen molar-refractivity contribution >= 4 is 38.3 Å². The van der Waals surface area contributed by atoms with Crippen LogP contribution in [0.25, 0.3) is 0 Å². The fraction of sp³-hybridized carbons (Fsp3) is 0.700. The maximum Gasteiger partial charge on any atom is 0.280 e. The number of carbonyl (C=O) groups excluding carboxylic acids is 3. The number of nitrogens with one attached hydrogen (secondary N) is 3. The predicted octanol–water partition coefficient (Wildman–Crippen LogP) is -0.509. The smallest absolute Gasteiger partial charge is 0.280 e. The summed E-state index contributed by atoms with van der Waals surface area (Å²) in [7, 11) is 1.64. The van der Waals surface area contributed by atoms with Gasteiger partial charge >= 0.3 is 0 Å². The molecule has 0 radical (unpaired) electrons. The molecular weight excluding hydrogens is 351 g/mol. The third kappa shape index (κ3) is 9.16. The second-order valence-electron chi connectivity index (χ2n) is 3.75. The summed E-state index contributed by atoms with van der Waals surface area (Å²) >= 11 is 1.66. The first-order valence-corrected chi connectivity index (χ1v) is 6.72. The van der Waals surface area contributed by atoms with Gasteiger partial charge in [0.25, 0.3) is 3.91 Å². The van der Waals surface area contributed by atoms with Gasteiger partial charge in [0.1, 0.15) is 6.04 Å². The van der Waals surface area contributed by atoms with Gasteiger partial charge in [-0.25, -0.2) is 0 Å². The minimum Gasteiger partial charge on any atom is -0.368 e. The van der Waals surface area contributed by atoms with Crippen LogP contribution in [0.1, 0.15) is 19.3 Å². The molecule has 1 atom stereocenters. The topological polar surface area (TPSA) is 113 Å². The van der Waals surface area contributed by atoms with Crippen molar-refractivity contribution in [2.45, 2.75) is 25.3 Å². The Morgan fingerprint density at radius 2 is 1.94 bits per heavy atom. The number of carbonyl (C=O) groups is 3. The highest BCUT2D eigenvalue weighted by molar-refractivity contribution is 14.1. The lowest BCUT2D eigenvalue weighted by Crippen LogP contribution is -2.46. The lowest BCUT2D eigenvalue weighted by molar-refractivity contribution is -0.127. The summed E-state index contributed by atoms with van der Waals surface area (Å²) in [6.45, 7) is 0.701. The van der Waals surface area contributed by atoms with Crippen LogP contribution in [0.2, 0.25) is 0 Å². The van der Waals surface area contributed by atoms with Crippen LogP contribution in [-0.4, -0.2) is 41.9 Å². The van der Waals surface area contributed by atoms with Crippen LogP contribution in [-0.2, 0) is 9.59 Å². The Hall–Kier alpha value is -0.900. The maximum atomic E-state index is 11.3. The zero-order chi connectivity index (χ0) is 14.0. The first-order chi connectivity index (χ1) is 8.47. The first kappa shape index (κ1) is 17.1. The highest BCUT2D eigenvalue weighted by Gasteiger charge is 2.16. The quantitative estimate of drug-likeness (QED) is 0.190. The molecular formula is C10H19IN4O3. The van der Waals surface area contributed by atoms with E-state index in [1.807, 2.05) is 0 Å². The average molecular weight is 370 g/mol. The van der Waals surface area contributed by atoms with E-state index in [0.29, 0.717) is 19.4 Å². The summed E-state index contributed by atoms with van der Waals surface area (Å²) in [4.78, 5) is 33.0. The van der Waals surface area contributed by atoms with Crippen molar-refractivity contribution in [3.8, 4) is 0 Å². The van der Waals surface area contributed by atoms with E-state index < -0.39 is 11.9 Å². The Kier molecular flexibility index (Phi) is 9.56. The van der Waals surface area contributed by atoms with Crippen LogP contribution in [0.3, 0.4) is 0 Å². The molecule has 0 aromatic carbocycles. The molecule has 0 heterocycles. The van der Waals surface area contributed by atoms with E-state index in [4.69, 9.17) is 5.73 Å². The summed E-state index contributed by atoms with van der Waals surface area (Å²) in [5.41, 5.74) is 5.20. The highest BCUT2D eigenvalue weighted by atomic mass is 127. The van der Waals surface area contributed by atoms with Crippen molar-refractivity contribution in [1.82, 2.24) is 16.0 Å². The maximum absolute atomic E-state index is 11.3. The molecule has 7 nitrogen and oxygen atoms in total. The average Bonchev–Trinajstić information content (AvgIpc) is 2.26. The van der Waals surface area contributed by atoms with Crippen LogP contribution >= 0.6 is 22.6 Å². The lowest BCUT2D eigenvalue weighted by Gasteiger charge is -2.15. The molecule has 8 heteroatoms. The number of likely N-dealkylation sites (N-methyl/N-ethyl adjacent to an activating group) is 1. The summed E-state index contributed by atoms with van der Waals surface area (Å²) in [6.07, 6.45) is 1.91. The molecule has 0 bridgehead atoms. The molecule has 0 aliphatic rings. The zero-order valence-electron chi connectivity index (χ0n) is 10.3. The van der Waals surface area contributed by atoms with Gasteiger partial charge < -0.3 is 21.7 Å². The van der Waals surface area contributed by atoms with Crippen LogP contribution < -0.4 is 21.7 Å². The van der Waals surface area contributed by atoms with Gasteiger partial charge in [0.2, 0.25) is 11.8 Å². The van der Waals surface area contributed by atoms with Crippen LogP contribution in [0.5, 0.6) is 0 Å². The van der Waals surface area contributed by atoms with E-state index in [1.54, 1.807) is 29.6 Å². The number of amides is 3. The van der Waals surface area contributed by atoms with E-state index in [0.717, 1.165) is 6.42 Å². The standard InChI is InChI=1S/C10H19IN4O3/c1-13-6-8(16)15-7(9(12)17)4-2-3-5-14-10(11)18/h7,13H,2-6H2,1H3,(H2,12,17)(H,14,18)(H,15,16)/t7-/m0/s1. The van der Waals surface area contributed by atoms with Gasteiger partial charge in [-0.05, 0) is 26.3 Å². The minimum absolute atomic E-state index is 0.110. The second-order valence-corrected chi connectivity index (χ2v) is 4.73. The molecule has 0 fully saturated rings. The van der Waals surface area contributed by atoms with Crippen molar-refractivity contribution in [3.05, 3.63) is 0 Å². The summed E-state index contributed by atoms with van der Waals surface area (Å²) in [6, 6.07) is -0.652. The highest BCUT2D eigenvalue weighted by Crippen LogP contribution is 2.00. The van der Waals surface area contributed by atoms with Gasteiger partial charge in [0.15, 0.2) is 0 Å². The molecule has 0 rings (SSSR count). The molecule has 5 N–H and O–H groups in total. The number of hydrogen-bond acceptors (Lipinski definition) is 4. The van der Waals surface area contributed by atoms with E-state index in [2.05, 4.69) is 16.0 Å². The van der Waals surface area contributed by atoms with Crippen molar-refractivity contribution in [1.29, 1.82) is 0 Å². The number of hydrogen-bond donors (Lipinski definition) is 4. The zero-order valence-corrected chi connectivity index (χ0v) is 12.5. The number of primary amides is 1. The molecule has 0 saturated carbocycles. The van der Waals surface area contributed by atoms with Gasteiger partial charge in [-0.3, -0.25) is 14.4 Å². The molecule has 0 unspecified atom stereocenters. The van der Waals surface area contributed by atoms with Crippen molar-refractivity contribution in [2.75, 3.05) is 20.1 Å². The molecule has 0 saturated heterocycles. The van der Waals surface area contributed by atoms with Crippen LogP contribution in [0, 0.1) is 0 Å². The van der Waals surface area contributed by atoms with E-state index >= 15 is 0 Å². The molecule has 3 amide bonds. The number of unbranched alkanes of at least 4 members (excludes halogenated alkanes) is 1. The van der Waals surface area contributed by atoms with Crippen molar-refractivity contribution in [2.24, 2.45) is 5.73 Å². The summed E-state index contributed by atoms with van der Waals surface area (Å²) < 4.78 is -0.110. The SMILES string of the molecule is CNCC(=O)N[C@@H](CCCCNC(=O)I)C(N)=O. The second kappa shape index (κ2) is 10.1. The molecule has 104 valence electrons.